The van der Waals surface area contributed by atoms with E-state index in [1.54, 1.807) is 0 Å². The predicted molar refractivity (Wildman–Crippen MR) is 79.6 cm³/mol. The number of aliphatic hydroxyl groups is 1. The van der Waals surface area contributed by atoms with Gasteiger partial charge in [0.05, 0.1) is 0 Å². The highest BCUT2D eigenvalue weighted by molar-refractivity contribution is 6.25. The number of ketones is 1. The number of carboxylic acid groups (broad SMARTS) is 1. The van der Waals surface area contributed by atoms with E-state index in [-0.39, 0.29) is 19.3 Å². The van der Waals surface area contributed by atoms with E-state index in [2.05, 4.69) is 10.1 Å². The van der Waals surface area contributed by atoms with Gasteiger partial charge in [0.25, 0.3) is 0 Å². The van der Waals surface area contributed by atoms with Crippen molar-refractivity contribution in [2.75, 3.05) is 0 Å². The van der Waals surface area contributed by atoms with Crippen LogP contribution in [0.2, 0.25) is 0 Å². The number of benzene rings is 1. The van der Waals surface area contributed by atoms with E-state index in [9.17, 15) is 23.9 Å². The highest BCUT2D eigenvalue weighted by atomic mass is 19.1. The summed E-state index contributed by atoms with van der Waals surface area (Å²) in [4.78, 5) is 36.6. The topological polar surface area (TPSA) is 140 Å². The number of hydrogen-bond acceptors (Lipinski definition) is 4. The smallest absolute Gasteiger partial charge is 0.326 e. The third kappa shape index (κ3) is 6.47. The maximum atomic E-state index is 12.8. The molecule has 0 aliphatic rings. The van der Waals surface area contributed by atoms with Crippen LogP contribution in [-0.2, 0) is 20.8 Å². The maximum absolute atomic E-state index is 12.8. The lowest BCUT2D eigenvalue weighted by molar-refractivity contribution is -0.143. The fourth-order valence-corrected chi connectivity index (χ4v) is 1.88. The van der Waals surface area contributed by atoms with Crippen molar-refractivity contribution < 1.29 is 33.8 Å². The van der Waals surface area contributed by atoms with Gasteiger partial charge >= 0.3 is 12.2 Å². The van der Waals surface area contributed by atoms with Gasteiger partial charge in [0, 0.05) is 12.8 Å². The molecule has 9 heteroatoms. The molecule has 2 unspecified atom stereocenters. The molecule has 0 aliphatic carbocycles. The zero-order chi connectivity index (χ0) is 18.1. The number of carboxylic acids is 1. The van der Waals surface area contributed by atoms with E-state index in [4.69, 9.17) is 10.6 Å². The Morgan fingerprint density at radius 1 is 1.29 bits per heavy atom. The minimum atomic E-state index is -1.52. The van der Waals surface area contributed by atoms with Crippen molar-refractivity contribution in [1.29, 1.82) is 0 Å². The van der Waals surface area contributed by atoms with Crippen molar-refractivity contribution in [3.05, 3.63) is 41.2 Å². The zero-order valence-corrected chi connectivity index (χ0v) is 12.6. The Hall–Kier alpha value is -2.90. The average Bonchev–Trinajstić information content (AvgIpc) is 2.53. The lowest BCUT2D eigenvalue weighted by Crippen LogP contribution is -2.46. The van der Waals surface area contributed by atoms with Gasteiger partial charge in [-0.05, 0) is 24.1 Å². The van der Waals surface area contributed by atoms with E-state index in [0.29, 0.717) is 11.8 Å². The number of nitrogens with one attached hydrogen (secondary N) is 1. The van der Waals surface area contributed by atoms with Crippen LogP contribution in [0, 0.1) is 5.82 Å². The number of carbonyl (C=O) groups is 3. The van der Waals surface area contributed by atoms with Crippen LogP contribution in [0.5, 0.6) is 0 Å². The minimum Gasteiger partial charge on any atom is -0.480 e. The summed E-state index contributed by atoms with van der Waals surface area (Å²) in [7, 11) is 0. The Morgan fingerprint density at radius 3 is 2.46 bits per heavy atom. The molecule has 8 nitrogen and oxygen atoms in total. The maximum Gasteiger partial charge on any atom is 0.326 e. The summed E-state index contributed by atoms with van der Waals surface area (Å²) in [5.74, 6) is -3.36. The first kappa shape index (κ1) is 19.1. The number of aliphatic hydroxyl groups excluding tert-OH is 1. The Morgan fingerprint density at radius 2 is 1.92 bits per heavy atom. The average molecular weight is 337 g/mol. The zero-order valence-electron chi connectivity index (χ0n) is 12.6. The molecule has 0 spiro atoms. The van der Waals surface area contributed by atoms with E-state index in [1.807, 2.05) is 0 Å². The SMILES string of the molecule is [N-]=[N+]=CC(=O)CCC(NC(=O)C(O)Cc1ccc(F)cc1)C(=O)O. The Kier molecular flexibility index (Phi) is 7.41. The summed E-state index contributed by atoms with van der Waals surface area (Å²) in [5.41, 5.74) is 8.69. The van der Waals surface area contributed by atoms with Gasteiger partial charge in [-0.3, -0.25) is 9.59 Å². The monoisotopic (exact) mass is 337 g/mol. The molecule has 0 saturated heterocycles. The molecule has 24 heavy (non-hydrogen) atoms. The van der Waals surface area contributed by atoms with Gasteiger partial charge in [-0.25, -0.2) is 9.18 Å². The summed E-state index contributed by atoms with van der Waals surface area (Å²) < 4.78 is 12.8. The minimum absolute atomic E-state index is 0.117. The first-order valence-electron chi connectivity index (χ1n) is 6.99. The molecule has 3 N–H and O–H groups in total. The molecular weight excluding hydrogens is 321 g/mol. The molecule has 1 rings (SSSR count). The molecule has 0 radical (unpaired) electrons. The number of Topliss-reactive ketones (excluding diaryl/α,β-unsaturated/α-hetero) is 1. The van der Waals surface area contributed by atoms with Crippen LogP contribution >= 0.6 is 0 Å². The van der Waals surface area contributed by atoms with Crippen molar-refractivity contribution in [1.82, 2.24) is 5.32 Å². The van der Waals surface area contributed by atoms with Crippen molar-refractivity contribution in [3.63, 3.8) is 0 Å². The van der Waals surface area contributed by atoms with Crippen LogP contribution in [0.15, 0.2) is 24.3 Å². The summed E-state index contributed by atoms with van der Waals surface area (Å²) in [5, 5.41) is 21.0. The van der Waals surface area contributed by atoms with Crippen LogP contribution < -0.4 is 5.32 Å². The van der Waals surface area contributed by atoms with Gasteiger partial charge in [0.15, 0.2) is 0 Å². The van der Waals surface area contributed by atoms with Crippen LogP contribution in [0.1, 0.15) is 18.4 Å². The van der Waals surface area contributed by atoms with Gasteiger partial charge in [-0.1, -0.05) is 12.1 Å². The fourth-order valence-electron chi connectivity index (χ4n) is 1.88. The number of hydrogen-bond donors (Lipinski definition) is 3. The second kappa shape index (κ2) is 9.29. The van der Waals surface area contributed by atoms with Crippen molar-refractivity contribution in [3.8, 4) is 0 Å². The van der Waals surface area contributed by atoms with Crippen molar-refractivity contribution >= 4 is 23.9 Å². The Bertz CT molecular complexity index is 656. The molecule has 128 valence electrons. The van der Waals surface area contributed by atoms with E-state index in [1.165, 1.54) is 24.3 Å². The molecule has 0 aliphatic heterocycles. The summed E-state index contributed by atoms with van der Waals surface area (Å²) in [6, 6.07) is 3.76. The molecule has 0 bridgehead atoms. The second-order valence-electron chi connectivity index (χ2n) is 5.00. The van der Waals surface area contributed by atoms with E-state index in [0.717, 1.165) is 0 Å². The summed E-state index contributed by atoms with van der Waals surface area (Å²) in [6.07, 6.45) is -1.49. The summed E-state index contributed by atoms with van der Waals surface area (Å²) in [6.45, 7) is 0. The quantitative estimate of drug-likeness (QED) is 0.329. The molecule has 0 saturated carbocycles. The van der Waals surface area contributed by atoms with Crippen LogP contribution in [0.3, 0.4) is 0 Å². The number of nitrogens with zero attached hydrogens (tertiary/aromatic N) is 2. The number of halogens is 1. The molecule has 1 aromatic rings. The normalized spacial score (nSPS) is 12.6. The van der Waals surface area contributed by atoms with Gasteiger partial charge in [0.1, 0.15) is 18.0 Å². The first-order valence-corrected chi connectivity index (χ1v) is 6.99. The standard InChI is InChI=1S/C15H16FN3O5/c16-10-3-1-9(2-4-10)7-13(21)14(22)19-12(15(23)24)6-5-11(20)8-18-17/h1-4,8,12-13,21H,5-7H2,(H,19,22)(H,23,24). The molecule has 0 heterocycles. The molecular formula is C15H16FN3O5. The van der Waals surface area contributed by atoms with Gasteiger partial charge in [-0.2, -0.15) is 4.79 Å². The van der Waals surface area contributed by atoms with Crippen molar-refractivity contribution in [2.24, 2.45) is 0 Å². The highest BCUT2D eigenvalue weighted by Gasteiger charge is 2.25. The lowest BCUT2D eigenvalue weighted by Gasteiger charge is -2.16. The fraction of sp³-hybridized carbons (Fsp3) is 0.333. The van der Waals surface area contributed by atoms with Gasteiger partial charge in [-0.15, -0.1) is 0 Å². The predicted octanol–water partition coefficient (Wildman–Crippen LogP) is -0.0516. The van der Waals surface area contributed by atoms with Gasteiger partial charge in [0.2, 0.25) is 11.7 Å². The number of rotatable bonds is 9. The van der Waals surface area contributed by atoms with E-state index >= 15 is 0 Å². The summed E-state index contributed by atoms with van der Waals surface area (Å²) >= 11 is 0. The van der Waals surface area contributed by atoms with Gasteiger partial charge < -0.3 is 21.1 Å². The third-order valence-corrected chi connectivity index (χ3v) is 3.14. The second-order valence-corrected chi connectivity index (χ2v) is 5.00. The lowest BCUT2D eigenvalue weighted by atomic mass is 10.1. The Balaban J connectivity index is 2.60. The molecule has 0 aromatic heterocycles. The molecule has 2 atom stereocenters. The van der Waals surface area contributed by atoms with Crippen molar-refractivity contribution in [2.45, 2.75) is 31.4 Å². The third-order valence-electron chi connectivity index (χ3n) is 3.14. The van der Waals surface area contributed by atoms with Crippen LogP contribution in [0.25, 0.3) is 5.53 Å². The first-order chi connectivity index (χ1) is 11.3. The van der Waals surface area contributed by atoms with Crippen LogP contribution in [0.4, 0.5) is 4.39 Å². The highest BCUT2D eigenvalue weighted by Crippen LogP contribution is 2.07. The van der Waals surface area contributed by atoms with E-state index < -0.39 is 35.6 Å². The largest absolute Gasteiger partial charge is 0.480 e. The molecule has 0 fully saturated rings. The number of carbonyl (C=O) groups excluding carboxylic acids is 2. The van der Waals surface area contributed by atoms with Crippen LogP contribution in [-0.4, -0.2) is 51.0 Å². The Labute approximate surface area is 136 Å². The number of amides is 1. The number of aliphatic carboxylic acids is 1. The molecule has 1 aromatic carbocycles. The molecule has 1 amide bonds.